The van der Waals surface area contributed by atoms with E-state index in [1.54, 1.807) is 7.05 Å². The smallest absolute Gasteiger partial charge is 0.297 e. The maximum atomic E-state index is 17.4. The summed E-state index contributed by atoms with van der Waals surface area (Å²) < 4.78 is 259. The maximum Gasteiger partial charge on any atom is 0.460 e. The molecule has 5 aliphatic rings. The fraction of sp³-hybridized carbons (Fsp3) is 0.169. The molecule has 29 aromatic rings. The number of hydrogen-bond donors (Lipinski definition) is 0. The second-order valence-electron chi connectivity index (χ2n) is 30.9. The highest BCUT2D eigenvalue weighted by Gasteiger charge is 2.95. The second kappa shape index (κ2) is 10.1. The van der Waals surface area contributed by atoms with Crippen molar-refractivity contribution in [2.24, 2.45) is 0 Å². The first-order valence-corrected chi connectivity index (χ1v) is 31.5. The van der Waals surface area contributed by atoms with Gasteiger partial charge in [0, 0.05) is 18.2 Å². The van der Waals surface area contributed by atoms with Gasteiger partial charge in [-0.2, -0.15) is 74.6 Å². The van der Waals surface area contributed by atoms with Crippen LogP contribution in [-0.4, -0.2) is 60.2 Å². The number of nitrogens with zero attached hydrogens (tertiary/aromatic N) is 1. The SMILES string of the molecule is CN1CC23c4c5c6c7c8c9c(c%10c%11c2c2c4c4c%12c5c5c6c6c8c8c%13c9c9c%10c%10c%11c%11c2c2c4c4c%12c%12c5c5c6c8c6c8c%13c9c9c%10c%10c%11c2c2c4c4c%12c5c6c5c8c9c%10c2c45)C73C1c1cccc(C(F)(F)C(F)(F)C(F)(F)C(F)(F)C(F)(F)C(F)(F)C(F)(F)C(F)(F)F)c1. The van der Waals surface area contributed by atoms with Crippen LogP contribution < -0.4 is 0 Å². The summed E-state index contributed by atoms with van der Waals surface area (Å²) in [6.45, 7) is 0.167. The Hall–Kier alpha value is -9.55. The molecule has 4 aliphatic carbocycles. The highest BCUT2D eigenvalue weighted by molar-refractivity contribution is 6.82. The zero-order valence-electron chi connectivity index (χ0n) is 46.5. The van der Waals surface area contributed by atoms with E-state index < -0.39 is 70.1 Å². The monoisotopic (exact) mass is 1270 g/mol. The lowest BCUT2D eigenvalue weighted by atomic mass is 9.47. The summed E-state index contributed by atoms with van der Waals surface area (Å²) in [7, 11) is 1.79. The molecule has 1 heterocycles. The van der Waals surface area contributed by atoms with Gasteiger partial charge in [-0.1, -0.05) is 18.2 Å². The Morgan fingerprint density at radius 3 is 0.726 bits per heavy atom. The summed E-state index contributed by atoms with van der Waals surface area (Å²) in [6, 6.07) is 1.55. The van der Waals surface area contributed by atoms with Crippen LogP contribution in [0.15, 0.2) is 24.3 Å². The molecule has 0 saturated carbocycles. The Morgan fingerprint density at radius 2 is 0.484 bits per heavy atom. The highest BCUT2D eigenvalue weighted by Crippen LogP contribution is 2.87. The minimum atomic E-state index is -8.74. The number of halogens is 17. The van der Waals surface area contributed by atoms with Crippen LogP contribution in [0.2, 0.25) is 0 Å². The van der Waals surface area contributed by atoms with Gasteiger partial charge in [-0.25, -0.2) is 0 Å². The van der Waals surface area contributed by atoms with Crippen molar-refractivity contribution < 1.29 is 74.6 Å². The zero-order chi connectivity index (χ0) is 62.3. The van der Waals surface area contributed by atoms with E-state index in [1.165, 1.54) is 200 Å². The van der Waals surface area contributed by atoms with Crippen molar-refractivity contribution in [3.05, 3.63) is 57.6 Å². The van der Waals surface area contributed by atoms with E-state index in [2.05, 4.69) is 0 Å². The normalized spacial score (nSPS) is 22.3. The molecule has 2 spiro atoms. The third kappa shape index (κ3) is 2.70. The molecule has 34 rings (SSSR count). The zero-order valence-corrected chi connectivity index (χ0v) is 46.5. The van der Waals surface area contributed by atoms with Crippen molar-refractivity contribution in [2.75, 3.05) is 13.6 Å². The molecule has 442 valence electrons. The van der Waals surface area contributed by atoms with Crippen LogP contribution in [0.3, 0.4) is 0 Å². The molecule has 1 aliphatic heterocycles. The van der Waals surface area contributed by atoms with E-state index >= 15 is 43.9 Å². The molecule has 1 atom stereocenters. The Kier molecular flexibility index (Phi) is 4.69. The lowest BCUT2D eigenvalue weighted by Crippen LogP contribution is -2.74. The number of rotatable bonds is 8. The van der Waals surface area contributed by atoms with Crippen molar-refractivity contribution in [3.8, 4) is 0 Å². The third-order valence-corrected chi connectivity index (χ3v) is 29.2. The molecule has 0 bridgehead atoms. The van der Waals surface area contributed by atoms with Gasteiger partial charge < -0.3 is 0 Å². The Bertz CT molecular complexity index is 8260. The van der Waals surface area contributed by atoms with E-state index in [0.29, 0.717) is 6.07 Å². The first kappa shape index (κ1) is 44.2. The fourth-order valence-corrected chi connectivity index (χ4v) is 27.8. The van der Waals surface area contributed by atoms with E-state index in [1.807, 2.05) is 4.90 Å². The average Bonchev–Trinajstić information content (AvgIpc) is 1.38. The number of likely N-dealkylation sites (tertiary alicyclic amines) is 1. The van der Waals surface area contributed by atoms with Gasteiger partial charge in [-0.05, 0) is 332 Å². The van der Waals surface area contributed by atoms with Gasteiger partial charge in [0.2, 0.25) is 0 Å². The van der Waals surface area contributed by atoms with Crippen LogP contribution in [0.1, 0.15) is 39.4 Å². The molecular formula is C77H10F17N. The summed E-state index contributed by atoms with van der Waals surface area (Å²) in [5, 5.41) is 65.4. The van der Waals surface area contributed by atoms with Gasteiger partial charge >= 0.3 is 47.6 Å². The standard InChI is InChI=1S/C77H10F17N/c1-95-6-68-63-55-47-37-27-19-11-9-10-13-17-15(11)23-31-25(17)35-29-21(13)22-14(10)18-16-12(9)20(19)28-34-24(16)32-26(18)36-30(22)40-39(29)51-45(35)53-43(31)49(41(47)33(23)27)57(63)59(53)65-61(51)62-52(40)46(36)54-44(32)50-42(34)48(38(28)37)56(55)64(68)58(50)60(54)66(62)69(65,68)67(95)7-3-2-4-8(5-7)70(78,79)71(80,81)72(82,83)73(84,85)74(86,87)75(88,89)76(90,91)77(92,93)94/h2-5,67H,6H2,1H3. The Labute approximate surface area is 504 Å². The minimum Gasteiger partial charge on any atom is -0.297 e. The Balaban J connectivity index is 0.810. The first-order valence-electron chi connectivity index (χ1n) is 31.5. The molecule has 0 N–H and O–H groups in total. The summed E-state index contributed by atoms with van der Waals surface area (Å²) in [5.74, 6) is -57.4. The lowest BCUT2D eigenvalue weighted by molar-refractivity contribution is -0.462. The first-order chi connectivity index (χ1) is 45.2. The van der Waals surface area contributed by atoms with E-state index in [4.69, 9.17) is 0 Å². The number of benzene rings is 19. The summed E-state index contributed by atoms with van der Waals surface area (Å²) >= 11 is 0. The number of alkyl halides is 17. The molecule has 0 radical (unpaired) electrons. The predicted molar refractivity (Wildman–Crippen MR) is 335 cm³/mol. The maximum absolute atomic E-state index is 17.4. The Morgan fingerprint density at radius 1 is 0.274 bits per heavy atom. The third-order valence-electron chi connectivity index (χ3n) is 29.2. The van der Waals surface area contributed by atoms with Crippen LogP contribution >= 0.6 is 0 Å². The summed E-state index contributed by atoms with van der Waals surface area (Å²) in [4.78, 5) is 1.99. The van der Waals surface area contributed by atoms with Crippen LogP contribution in [-0.2, 0) is 16.8 Å². The van der Waals surface area contributed by atoms with Crippen LogP contribution in [0.5, 0.6) is 0 Å². The molecule has 29 aromatic carbocycles. The van der Waals surface area contributed by atoms with Crippen LogP contribution in [0.4, 0.5) is 74.6 Å². The van der Waals surface area contributed by atoms with Crippen molar-refractivity contribution in [1.82, 2.24) is 4.90 Å². The molecule has 1 nitrogen and oxygen atoms in total. The quantitative estimate of drug-likeness (QED) is 0.108. The molecule has 95 heavy (non-hydrogen) atoms. The molecule has 0 aromatic heterocycles. The van der Waals surface area contributed by atoms with Crippen molar-refractivity contribution >= 4 is 291 Å². The van der Waals surface area contributed by atoms with Crippen LogP contribution in [0.25, 0.3) is 291 Å². The van der Waals surface area contributed by atoms with Crippen molar-refractivity contribution in [1.29, 1.82) is 0 Å². The molecule has 1 unspecified atom stereocenters. The van der Waals surface area contributed by atoms with Gasteiger partial charge in [0.1, 0.15) is 0 Å². The molecule has 18 heteroatoms. The summed E-state index contributed by atoms with van der Waals surface area (Å²) in [5.41, 5.74) is -0.987. The van der Waals surface area contributed by atoms with E-state index in [9.17, 15) is 30.7 Å². The van der Waals surface area contributed by atoms with E-state index in [0.717, 1.165) is 125 Å². The molecule has 0 amide bonds. The largest absolute Gasteiger partial charge is 0.460 e. The van der Waals surface area contributed by atoms with Gasteiger partial charge in [0.05, 0.1) is 10.8 Å². The van der Waals surface area contributed by atoms with Crippen molar-refractivity contribution in [3.63, 3.8) is 0 Å². The highest BCUT2D eigenvalue weighted by atomic mass is 19.4. The minimum absolute atomic E-state index is 0.167. The van der Waals surface area contributed by atoms with Gasteiger partial charge in [0.25, 0.3) is 0 Å². The fourth-order valence-electron chi connectivity index (χ4n) is 27.8. The van der Waals surface area contributed by atoms with Gasteiger partial charge in [-0.3, -0.25) is 4.90 Å². The number of likely N-dealkylation sites (N-methyl/N-ethyl adjacent to an activating group) is 1. The molecular weight excluding hydrogens is 1260 g/mol. The topological polar surface area (TPSA) is 3.24 Å². The van der Waals surface area contributed by atoms with Crippen LogP contribution in [0, 0.1) is 0 Å². The molecule has 1 fully saturated rings. The lowest BCUT2D eigenvalue weighted by Gasteiger charge is -2.52. The van der Waals surface area contributed by atoms with Gasteiger partial charge in [-0.15, -0.1) is 0 Å². The second-order valence-corrected chi connectivity index (χ2v) is 30.9. The average molecular weight is 1270 g/mol. The summed E-state index contributed by atoms with van der Waals surface area (Å²) in [6.07, 6.45) is -7.85. The molecule has 1 saturated heterocycles. The van der Waals surface area contributed by atoms with Gasteiger partial charge in [0.15, 0.2) is 0 Å². The predicted octanol–water partition coefficient (Wildman–Crippen LogP) is 23.4. The number of hydrogen-bond acceptors (Lipinski definition) is 1. The van der Waals surface area contributed by atoms with Crippen molar-refractivity contribution in [2.45, 2.75) is 64.5 Å². The van der Waals surface area contributed by atoms with E-state index in [-0.39, 0.29) is 18.2 Å².